The van der Waals surface area contributed by atoms with Crippen molar-refractivity contribution >= 4 is 29.2 Å². The molecule has 3 aromatic heterocycles. The molecule has 176 valence electrons. The van der Waals surface area contributed by atoms with E-state index in [1.807, 2.05) is 0 Å². The van der Waals surface area contributed by atoms with Crippen LogP contribution in [0.1, 0.15) is 10.4 Å². The van der Waals surface area contributed by atoms with E-state index in [4.69, 9.17) is 11.2 Å². The Bertz CT molecular complexity index is 1440. The zero-order valence-corrected chi connectivity index (χ0v) is 18.9. The molecule has 0 fully saturated rings. The number of rotatable bonds is 6. The van der Waals surface area contributed by atoms with Crippen LogP contribution < -0.4 is 15.0 Å². The second kappa shape index (κ2) is 9.93. The number of halogens is 1. The van der Waals surface area contributed by atoms with Crippen LogP contribution in [0.3, 0.4) is 0 Å². The van der Waals surface area contributed by atoms with Crippen molar-refractivity contribution in [2.45, 2.75) is 0 Å². The average Bonchev–Trinajstić information content (AvgIpc) is 3.31. The predicted octanol–water partition coefficient (Wildman–Crippen LogP) is 4.00. The average molecular weight is 473 g/mol. The van der Waals surface area contributed by atoms with E-state index in [0.29, 0.717) is 34.0 Å². The molecule has 4 aromatic rings. The van der Waals surface area contributed by atoms with Crippen LogP contribution in [0, 0.1) is 18.2 Å². The molecule has 0 aliphatic rings. The van der Waals surface area contributed by atoms with Crippen LogP contribution in [0.4, 0.5) is 20.7 Å². The number of imidazole rings is 1. The number of methoxy groups -OCH3 is 2. The first-order valence-corrected chi connectivity index (χ1v) is 10.3. The molecule has 0 saturated heterocycles. The highest BCUT2D eigenvalue weighted by molar-refractivity contribution is 6.06. The van der Waals surface area contributed by atoms with Gasteiger partial charge in [-0.15, -0.1) is 6.42 Å². The number of fused-ring (bicyclic) bond motifs is 1. The van der Waals surface area contributed by atoms with Gasteiger partial charge in [-0.25, -0.2) is 19.2 Å². The zero-order valence-electron chi connectivity index (χ0n) is 18.9. The summed E-state index contributed by atoms with van der Waals surface area (Å²) in [6.45, 7) is -0.0268. The van der Waals surface area contributed by atoms with E-state index in [9.17, 15) is 14.0 Å². The topological polar surface area (TPSA) is 98.1 Å². The maximum Gasteiger partial charge on any atom is 0.412 e. The highest BCUT2D eigenvalue weighted by atomic mass is 19.1. The number of aromatic nitrogens is 3. The number of terminal acetylenes is 1. The van der Waals surface area contributed by atoms with Crippen molar-refractivity contribution in [3.8, 4) is 29.4 Å². The van der Waals surface area contributed by atoms with Gasteiger partial charge in [-0.2, -0.15) is 0 Å². The molecule has 10 heteroatoms. The van der Waals surface area contributed by atoms with Crippen molar-refractivity contribution < 1.29 is 23.5 Å². The molecule has 0 unspecified atom stereocenters. The molecule has 4 rings (SSSR count). The van der Waals surface area contributed by atoms with Gasteiger partial charge in [-0.1, -0.05) is 5.92 Å². The quantitative estimate of drug-likeness (QED) is 0.425. The van der Waals surface area contributed by atoms with E-state index in [1.54, 1.807) is 47.3 Å². The first-order valence-electron chi connectivity index (χ1n) is 10.3. The van der Waals surface area contributed by atoms with E-state index in [1.165, 1.54) is 37.3 Å². The van der Waals surface area contributed by atoms with Gasteiger partial charge in [0.05, 0.1) is 38.2 Å². The van der Waals surface area contributed by atoms with Crippen LogP contribution >= 0.6 is 0 Å². The lowest BCUT2D eigenvalue weighted by Gasteiger charge is -2.21. The molecule has 9 nitrogen and oxygen atoms in total. The fourth-order valence-corrected chi connectivity index (χ4v) is 3.44. The van der Waals surface area contributed by atoms with Gasteiger partial charge in [0, 0.05) is 29.7 Å². The highest BCUT2D eigenvalue weighted by Gasteiger charge is 2.20. The third kappa shape index (κ3) is 4.74. The fourth-order valence-electron chi connectivity index (χ4n) is 3.44. The summed E-state index contributed by atoms with van der Waals surface area (Å²) >= 11 is 0. The summed E-state index contributed by atoms with van der Waals surface area (Å²) in [4.78, 5) is 34.7. The zero-order chi connectivity index (χ0) is 24.9. The van der Waals surface area contributed by atoms with Crippen molar-refractivity contribution in [1.82, 2.24) is 14.4 Å². The molecule has 35 heavy (non-hydrogen) atoms. The van der Waals surface area contributed by atoms with Gasteiger partial charge in [0.25, 0.3) is 5.91 Å². The fraction of sp³-hybridized carbons (Fsp3) is 0.120. The molecule has 1 aromatic carbocycles. The van der Waals surface area contributed by atoms with Gasteiger partial charge in [-0.05, 0) is 36.4 Å². The van der Waals surface area contributed by atoms with Gasteiger partial charge in [0.2, 0.25) is 0 Å². The maximum absolute atomic E-state index is 13.9. The van der Waals surface area contributed by atoms with Crippen LogP contribution in [0.25, 0.3) is 16.9 Å². The van der Waals surface area contributed by atoms with Crippen molar-refractivity contribution in [1.29, 1.82) is 0 Å². The lowest BCUT2D eigenvalue weighted by atomic mass is 10.2. The molecule has 0 radical (unpaired) electrons. The van der Waals surface area contributed by atoms with Gasteiger partial charge in [-0.3, -0.25) is 19.4 Å². The maximum atomic E-state index is 13.9. The van der Waals surface area contributed by atoms with Gasteiger partial charge < -0.3 is 9.47 Å². The van der Waals surface area contributed by atoms with Crippen molar-refractivity contribution in [2.75, 3.05) is 31.0 Å². The number of hydrogen-bond donors (Lipinski definition) is 1. The monoisotopic (exact) mass is 473 g/mol. The Balaban J connectivity index is 1.68. The molecular formula is C25H20FN5O4. The van der Waals surface area contributed by atoms with Crippen molar-refractivity contribution in [2.24, 2.45) is 0 Å². The van der Waals surface area contributed by atoms with Crippen molar-refractivity contribution in [3.05, 3.63) is 72.4 Å². The minimum atomic E-state index is -0.626. The number of nitrogens with zero attached hydrogens (tertiary/aromatic N) is 4. The second-order valence-corrected chi connectivity index (χ2v) is 7.25. The summed E-state index contributed by atoms with van der Waals surface area (Å²) in [7, 11) is 2.61. The van der Waals surface area contributed by atoms with E-state index < -0.39 is 11.9 Å². The van der Waals surface area contributed by atoms with E-state index in [0.717, 1.165) is 0 Å². The Morgan fingerprint density at radius 1 is 1.14 bits per heavy atom. The molecule has 1 N–H and O–H groups in total. The van der Waals surface area contributed by atoms with Gasteiger partial charge >= 0.3 is 6.09 Å². The highest BCUT2D eigenvalue weighted by Crippen LogP contribution is 2.27. The van der Waals surface area contributed by atoms with E-state index in [2.05, 4.69) is 25.9 Å². The molecular weight excluding hydrogens is 453 g/mol. The first-order chi connectivity index (χ1) is 16.9. The largest absolute Gasteiger partial charge is 0.494 e. The number of benzene rings is 1. The van der Waals surface area contributed by atoms with E-state index in [-0.39, 0.29) is 18.2 Å². The molecule has 0 aliphatic carbocycles. The minimum absolute atomic E-state index is 0.00213. The Kier molecular flexibility index (Phi) is 6.59. The number of nitrogens with one attached hydrogen (secondary N) is 1. The summed E-state index contributed by atoms with van der Waals surface area (Å²) in [5, 5.41) is 2.48. The number of amides is 2. The number of ether oxygens (including phenoxy) is 2. The SMILES string of the molecule is C#CCN(C(=O)c1ccc2ncc(-c3ccc(NC(=O)OC)nc3)n2c1)c1ccc(F)c(OC)c1. The summed E-state index contributed by atoms with van der Waals surface area (Å²) < 4.78 is 25.2. The molecule has 0 saturated carbocycles. The van der Waals surface area contributed by atoms with Crippen LogP contribution in [0.5, 0.6) is 5.75 Å². The summed E-state index contributed by atoms with van der Waals surface area (Å²) in [6.07, 6.45) is 9.74. The second-order valence-electron chi connectivity index (χ2n) is 7.25. The molecule has 0 bridgehead atoms. The Hall–Kier alpha value is -4.91. The van der Waals surface area contributed by atoms with E-state index >= 15 is 0 Å². The number of pyridine rings is 2. The molecule has 0 aliphatic heterocycles. The third-order valence-electron chi connectivity index (χ3n) is 5.17. The van der Waals surface area contributed by atoms with Crippen molar-refractivity contribution in [3.63, 3.8) is 0 Å². The summed E-state index contributed by atoms with van der Waals surface area (Å²) in [5.74, 6) is 1.87. The Morgan fingerprint density at radius 3 is 2.66 bits per heavy atom. The smallest absolute Gasteiger partial charge is 0.412 e. The predicted molar refractivity (Wildman–Crippen MR) is 128 cm³/mol. The number of carbonyl (C=O) groups excluding carboxylic acids is 2. The Morgan fingerprint density at radius 2 is 1.97 bits per heavy atom. The van der Waals surface area contributed by atoms with Gasteiger partial charge in [0.15, 0.2) is 11.6 Å². The van der Waals surface area contributed by atoms with Gasteiger partial charge in [0.1, 0.15) is 11.5 Å². The van der Waals surface area contributed by atoms with Crippen LogP contribution in [-0.2, 0) is 4.74 Å². The normalized spacial score (nSPS) is 10.5. The molecule has 3 heterocycles. The molecule has 2 amide bonds. The number of hydrogen-bond acceptors (Lipinski definition) is 6. The standard InChI is InChI=1S/C25H20FN5O4/c1-4-11-30(18-7-8-19(26)21(12-18)34-2)24(32)17-6-10-23-28-14-20(31(23)15-17)16-5-9-22(27-13-16)29-25(33)35-3/h1,5-10,12-15H,11H2,2-3H3,(H,27,29,33). The summed E-state index contributed by atoms with van der Waals surface area (Å²) in [6, 6.07) is 10.8. The number of carbonyl (C=O) groups is 2. The molecule has 0 spiro atoms. The van der Waals surface area contributed by atoms with Crippen LogP contribution in [0.2, 0.25) is 0 Å². The number of anilines is 2. The van der Waals surface area contributed by atoms with Crippen LogP contribution in [-0.4, -0.2) is 47.1 Å². The lowest BCUT2D eigenvalue weighted by Crippen LogP contribution is -2.31. The molecule has 0 atom stereocenters. The van der Waals surface area contributed by atoms with Crippen LogP contribution in [0.15, 0.2) is 61.1 Å². The first kappa shape index (κ1) is 23.3. The summed E-state index contributed by atoms with van der Waals surface area (Å²) in [5.41, 5.74) is 2.74. The lowest BCUT2D eigenvalue weighted by molar-refractivity contribution is 0.0989. The Labute approximate surface area is 200 Å². The minimum Gasteiger partial charge on any atom is -0.494 e. The third-order valence-corrected chi connectivity index (χ3v) is 5.17.